The smallest absolute Gasteiger partial charge is 0.257 e. The van der Waals surface area contributed by atoms with Crippen LogP contribution in [0.5, 0.6) is 0 Å². The Morgan fingerprint density at radius 1 is 1.65 bits per heavy atom. The predicted octanol–water partition coefficient (Wildman–Crippen LogP) is 0.785. The van der Waals surface area contributed by atoms with Crippen molar-refractivity contribution in [2.24, 2.45) is 18.7 Å². The maximum atomic E-state index is 12.3. The van der Waals surface area contributed by atoms with Crippen molar-refractivity contribution in [3.63, 3.8) is 0 Å². The van der Waals surface area contributed by atoms with E-state index in [4.69, 9.17) is 5.73 Å². The molecule has 0 aliphatic heterocycles. The Balaban J connectivity index is 2.82. The van der Waals surface area contributed by atoms with E-state index in [1.165, 1.54) is 0 Å². The van der Waals surface area contributed by atoms with Gasteiger partial charge in [0, 0.05) is 26.3 Å². The maximum Gasteiger partial charge on any atom is 0.257 e. The molecule has 0 aliphatic rings. The lowest BCUT2D eigenvalue weighted by Crippen LogP contribution is -2.36. The number of carbonyl (C=O) groups is 1. The number of aromatic nitrogens is 2. The third kappa shape index (κ3) is 3.30. The van der Waals surface area contributed by atoms with E-state index in [2.05, 4.69) is 5.10 Å². The standard InChI is InChI=1S/C12H22N4O/c1-5-16(7-9(2)6-13)12(17)11-8-15(4)14-10(11)3/h8-9H,5-7,13H2,1-4H3. The Morgan fingerprint density at radius 3 is 2.71 bits per heavy atom. The number of carbonyl (C=O) groups excluding carboxylic acids is 1. The van der Waals surface area contributed by atoms with Crippen LogP contribution in [0.3, 0.4) is 0 Å². The number of aryl methyl sites for hydroxylation is 2. The summed E-state index contributed by atoms with van der Waals surface area (Å²) < 4.78 is 1.67. The van der Waals surface area contributed by atoms with Gasteiger partial charge in [-0.3, -0.25) is 9.48 Å². The Bertz CT molecular complexity index is 386. The number of hydrogen-bond acceptors (Lipinski definition) is 3. The minimum absolute atomic E-state index is 0.0402. The van der Waals surface area contributed by atoms with E-state index < -0.39 is 0 Å². The van der Waals surface area contributed by atoms with Crippen LogP contribution in [0.4, 0.5) is 0 Å². The fourth-order valence-electron chi connectivity index (χ4n) is 1.79. The van der Waals surface area contributed by atoms with Gasteiger partial charge in [-0.2, -0.15) is 5.10 Å². The third-order valence-corrected chi connectivity index (χ3v) is 2.85. The van der Waals surface area contributed by atoms with Crippen molar-refractivity contribution in [1.82, 2.24) is 14.7 Å². The van der Waals surface area contributed by atoms with Crippen molar-refractivity contribution in [3.05, 3.63) is 17.5 Å². The molecule has 96 valence electrons. The number of nitrogens with two attached hydrogens (primary N) is 1. The van der Waals surface area contributed by atoms with Crippen LogP contribution in [0.2, 0.25) is 0 Å². The summed E-state index contributed by atoms with van der Waals surface area (Å²) in [5, 5.41) is 4.19. The summed E-state index contributed by atoms with van der Waals surface area (Å²) in [6, 6.07) is 0. The van der Waals surface area contributed by atoms with Crippen LogP contribution in [0, 0.1) is 12.8 Å². The van der Waals surface area contributed by atoms with Gasteiger partial charge in [0.15, 0.2) is 0 Å². The van der Waals surface area contributed by atoms with Gasteiger partial charge in [0.2, 0.25) is 0 Å². The molecule has 1 aromatic rings. The molecule has 0 aliphatic carbocycles. The SMILES string of the molecule is CCN(CC(C)CN)C(=O)c1cn(C)nc1C. The first-order valence-corrected chi connectivity index (χ1v) is 5.99. The molecule has 1 unspecified atom stereocenters. The lowest BCUT2D eigenvalue weighted by Gasteiger charge is -2.23. The van der Waals surface area contributed by atoms with E-state index in [0.29, 0.717) is 31.1 Å². The van der Waals surface area contributed by atoms with E-state index in [0.717, 1.165) is 5.69 Å². The fraction of sp³-hybridized carbons (Fsp3) is 0.667. The number of hydrogen-bond donors (Lipinski definition) is 1. The summed E-state index contributed by atoms with van der Waals surface area (Å²) in [6.45, 7) is 7.86. The Labute approximate surface area is 103 Å². The molecule has 1 rings (SSSR count). The molecule has 2 N–H and O–H groups in total. The van der Waals surface area contributed by atoms with E-state index >= 15 is 0 Å². The van der Waals surface area contributed by atoms with Crippen molar-refractivity contribution in [2.75, 3.05) is 19.6 Å². The summed E-state index contributed by atoms with van der Waals surface area (Å²) in [5.74, 6) is 0.356. The minimum atomic E-state index is 0.0402. The molecule has 0 fully saturated rings. The van der Waals surface area contributed by atoms with E-state index in [9.17, 15) is 4.79 Å². The first-order chi connectivity index (χ1) is 7.99. The number of rotatable bonds is 5. The largest absolute Gasteiger partial charge is 0.339 e. The minimum Gasteiger partial charge on any atom is -0.339 e. The lowest BCUT2D eigenvalue weighted by atomic mass is 10.1. The molecule has 0 radical (unpaired) electrons. The van der Waals surface area contributed by atoms with Gasteiger partial charge in [-0.15, -0.1) is 0 Å². The molecule has 17 heavy (non-hydrogen) atoms. The average molecular weight is 238 g/mol. The zero-order valence-corrected chi connectivity index (χ0v) is 11.1. The van der Waals surface area contributed by atoms with Gasteiger partial charge in [-0.25, -0.2) is 0 Å². The Hall–Kier alpha value is -1.36. The molecule has 0 saturated carbocycles. The van der Waals surface area contributed by atoms with Crippen molar-refractivity contribution < 1.29 is 4.79 Å². The summed E-state index contributed by atoms with van der Waals surface area (Å²) in [4.78, 5) is 14.1. The van der Waals surface area contributed by atoms with Crippen molar-refractivity contribution >= 4 is 5.91 Å². The van der Waals surface area contributed by atoms with Gasteiger partial charge in [-0.1, -0.05) is 6.92 Å². The summed E-state index contributed by atoms with van der Waals surface area (Å²) in [7, 11) is 1.82. The molecular formula is C12H22N4O. The van der Waals surface area contributed by atoms with E-state index in [1.807, 2.05) is 32.7 Å². The first-order valence-electron chi connectivity index (χ1n) is 5.99. The number of amides is 1. The number of nitrogens with zero attached hydrogens (tertiary/aromatic N) is 3. The molecule has 1 aromatic heterocycles. The van der Waals surface area contributed by atoms with Gasteiger partial charge in [-0.05, 0) is 26.3 Å². The highest BCUT2D eigenvalue weighted by molar-refractivity contribution is 5.95. The first kappa shape index (κ1) is 13.7. The fourth-order valence-corrected chi connectivity index (χ4v) is 1.79. The molecule has 0 bridgehead atoms. The van der Waals surface area contributed by atoms with Gasteiger partial charge >= 0.3 is 0 Å². The van der Waals surface area contributed by atoms with E-state index in [1.54, 1.807) is 10.9 Å². The second kappa shape index (κ2) is 5.82. The molecule has 0 spiro atoms. The average Bonchev–Trinajstić information content (AvgIpc) is 2.64. The Kier molecular flexibility index (Phi) is 4.69. The van der Waals surface area contributed by atoms with Crippen molar-refractivity contribution in [1.29, 1.82) is 0 Å². The zero-order chi connectivity index (χ0) is 13.0. The van der Waals surface area contributed by atoms with Crippen molar-refractivity contribution in [2.45, 2.75) is 20.8 Å². The van der Waals surface area contributed by atoms with Gasteiger partial charge in [0.25, 0.3) is 5.91 Å². The van der Waals surface area contributed by atoms with Gasteiger partial charge < -0.3 is 10.6 Å². The lowest BCUT2D eigenvalue weighted by molar-refractivity contribution is 0.0743. The normalized spacial score (nSPS) is 12.5. The summed E-state index contributed by atoms with van der Waals surface area (Å²) in [6.07, 6.45) is 1.77. The van der Waals surface area contributed by atoms with Gasteiger partial charge in [0.05, 0.1) is 11.3 Å². The zero-order valence-electron chi connectivity index (χ0n) is 11.1. The highest BCUT2D eigenvalue weighted by atomic mass is 16.2. The quantitative estimate of drug-likeness (QED) is 0.824. The van der Waals surface area contributed by atoms with Crippen LogP contribution in [0.25, 0.3) is 0 Å². The Morgan fingerprint density at radius 2 is 2.29 bits per heavy atom. The molecule has 1 amide bonds. The molecule has 0 aromatic carbocycles. The predicted molar refractivity (Wildman–Crippen MR) is 67.7 cm³/mol. The molecular weight excluding hydrogens is 216 g/mol. The molecule has 5 nitrogen and oxygen atoms in total. The summed E-state index contributed by atoms with van der Waals surface area (Å²) >= 11 is 0. The van der Waals surface area contributed by atoms with E-state index in [-0.39, 0.29) is 5.91 Å². The van der Waals surface area contributed by atoms with Crippen LogP contribution in [-0.2, 0) is 7.05 Å². The highest BCUT2D eigenvalue weighted by Crippen LogP contribution is 2.10. The van der Waals surface area contributed by atoms with Crippen LogP contribution in [0.1, 0.15) is 29.9 Å². The van der Waals surface area contributed by atoms with Crippen LogP contribution >= 0.6 is 0 Å². The molecule has 5 heteroatoms. The van der Waals surface area contributed by atoms with Crippen molar-refractivity contribution in [3.8, 4) is 0 Å². The maximum absolute atomic E-state index is 12.3. The van der Waals surface area contributed by atoms with Gasteiger partial charge in [0.1, 0.15) is 0 Å². The third-order valence-electron chi connectivity index (χ3n) is 2.85. The molecule has 1 heterocycles. The molecule has 1 atom stereocenters. The monoisotopic (exact) mass is 238 g/mol. The topological polar surface area (TPSA) is 64.2 Å². The van der Waals surface area contributed by atoms with Crippen LogP contribution in [0.15, 0.2) is 6.20 Å². The highest BCUT2D eigenvalue weighted by Gasteiger charge is 2.19. The van der Waals surface area contributed by atoms with Crippen LogP contribution in [-0.4, -0.2) is 40.2 Å². The summed E-state index contributed by atoms with van der Waals surface area (Å²) in [5.41, 5.74) is 7.05. The van der Waals surface area contributed by atoms with Crippen LogP contribution < -0.4 is 5.73 Å². The molecule has 0 saturated heterocycles. The second-order valence-electron chi connectivity index (χ2n) is 4.49. The second-order valence-corrected chi connectivity index (χ2v) is 4.49.